The Balaban J connectivity index is 2.67. The Labute approximate surface area is 126 Å². The molecule has 0 unspecified atom stereocenters. The Morgan fingerprint density at radius 2 is 1.62 bits per heavy atom. The van der Waals surface area contributed by atoms with Crippen LogP contribution in [0.4, 0.5) is 0 Å². The van der Waals surface area contributed by atoms with E-state index in [0.29, 0.717) is 19.6 Å². The third-order valence-corrected chi connectivity index (χ3v) is 6.71. The van der Waals surface area contributed by atoms with Crippen molar-refractivity contribution in [3.63, 3.8) is 0 Å². The van der Waals surface area contributed by atoms with Gasteiger partial charge in [-0.3, -0.25) is 0 Å². The molecule has 0 saturated heterocycles. The monoisotopic (exact) mass is 335 g/mol. The van der Waals surface area contributed by atoms with Gasteiger partial charge in [0.15, 0.2) is 19.7 Å². The van der Waals surface area contributed by atoms with Crippen LogP contribution in [0.3, 0.4) is 0 Å². The van der Waals surface area contributed by atoms with Crippen LogP contribution in [0.5, 0.6) is 0 Å². The van der Waals surface area contributed by atoms with Crippen LogP contribution in [-0.4, -0.2) is 47.8 Å². The van der Waals surface area contributed by atoms with E-state index in [1.54, 1.807) is 12.1 Å². The van der Waals surface area contributed by atoms with Crippen LogP contribution in [0.1, 0.15) is 12.0 Å². The van der Waals surface area contributed by atoms with Crippen molar-refractivity contribution in [2.75, 3.05) is 31.0 Å². The lowest BCUT2D eigenvalue weighted by Crippen LogP contribution is -2.20. The molecule has 0 spiro atoms. The molecule has 6 nitrogen and oxygen atoms in total. The number of hydrogen-bond acceptors (Lipinski definition) is 6. The number of ether oxygens (including phenoxy) is 1. The highest BCUT2D eigenvalue weighted by molar-refractivity contribution is 7.95. The summed E-state index contributed by atoms with van der Waals surface area (Å²) in [6.07, 6.45) is 0.365. The smallest absolute Gasteiger partial charge is 0.179 e. The zero-order valence-corrected chi connectivity index (χ0v) is 13.6. The highest BCUT2D eigenvalue weighted by Gasteiger charge is 2.19. The van der Waals surface area contributed by atoms with Crippen LogP contribution in [0.25, 0.3) is 0 Å². The van der Waals surface area contributed by atoms with Crippen molar-refractivity contribution in [1.29, 1.82) is 0 Å². The van der Waals surface area contributed by atoms with Crippen molar-refractivity contribution in [1.82, 2.24) is 0 Å². The second-order valence-corrected chi connectivity index (χ2v) is 9.08. The summed E-state index contributed by atoms with van der Waals surface area (Å²) in [4.78, 5) is 0.117. The Morgan fingerprint density at radius 3 is 2.14 bits per heavy atom. The zero-order chi connectivity index (χ0) is 15.9. The molecular weight excluding hydrogens is 314 g/mol. The molecule has 0 heterocycles. The predicted octanol–water partition coefficient (Wildman–Crippen LogP) is 0.370. The van der Waals surface area contributed by atoms with E-state index in [1.165, 1.54) is 19.2 Å². The lowest BCUT2D eigenvalue weighted by Gasteiger charge is -2.07. The SMILES string of the molecule is COCCCS(=O)(=O)CCS(=O)(=O)c1ccc(CN)cc1. The number of sulfone groups is 2. The van der Waals surface area contributed by atoms with Gasteiger partial charge in [-0.05, 0) is 24.1 Å². The molecular formula is C13H21NO5S2. The third kappa shape index (κ3) is 6.13. The van der Waals surface area contributed by atoms with E-state index >= 15 is 0 Å². The van der Waals surface area contributed by atoms with Gasteiger partial charge < -0.3 is 10.5 Å². The van der Waals surface area contributed by atoms with E-state index in [9.17, 15) is 16.8 Å². The van der Waals surface area contributed by atoms with Crippen LogP contribution in [0, 0.1) is 0 Å². The van der Waals surface area contributed by atoms with Crippen molar-refractivity contribution in [2.45, 2.75) is 17.9 Å². The number of benzene rings is 1. The summed E-state index contributed by atoms with van der Waals surface area (Å²) in [5, 5.41) is 0. The van der Waals surface area contributed by atoms with Gasteiger partial charge in [0, 0.05) is 20.3 Å². The van der Waals surface area contributed by atoms with Crippen LogP contribution in [0.2, 0.25) is 0 Å². The summed E-state index contributed by atoms with van der Waals surface area (Å²) in [5.41, 5.74) is 6.26. The molecule has 0 aliphatic heterocycles. The van der Waals surface area contributed by atoms with Crippen LogP contribution >= 0.6 is 0 Å². The molecule has 0 aromatic heterocycles. The van der Waals surface area contributed by atoms with E-state index in [4.69, 9.17) is 10.5 Å². The molecule has 0 aliphatic carbocycles. The highest BCUT2D eigenvalue weighted by atomic mass is 32.2. The highest BCUT2D eigenvalue weighted by Crippen LogP contribution is 2.13. The van der Waals surface area contributed by atoms with Gasteiger partial charge in [0.2, 0.25) is 0 Å². The number of rotatable bonds is 9. The Morgan fingerprint density at radius 1 is 1.00 bits per heavy atom. The van der Waals surface area contributed by atoms with Gasteiger partial charge in [-0.15, -0.1) is 0 Å². The first-order valence-electron chi connectivity index (χ1n) is 6.52. The first kappa shape index (κ1) is 18.1. The van der Waals surface area contributed by atoms with E-state index in [0.717, 1.165) is 5.56 Å². The standard InChI is InChI=1S/C13H21NO5S2/c1-19-7-2-8-20(15,16)9-10-21(17,18)13-5-3-12(11-14)4-6-13/h3-6H,2,7-11,14H2,1H3. The van der Waals surface area contributed by atoms with Crippen molar-refractivity contribution in [3.05, 3.63) is 29.8 Å². The third-order valence-electron chi connectivity index (χ3n) is 2.99. The quantitative estimate of drug-likeness (QED) is 0.654. The van der Waals surface area contributed by atoms with Crippen molar-refractivity contribution in [2.24, 2.45) is 5.73 Å². The van der Waals surface area contributed by atoms with Crippen molar-refractivity contribution in [3.8, 4) is 0 Å². The average molecular weight is 335 g/mol. The molecule has 1 aromatic rings. The van der Waals surface area contributed by atoms with Crippen molar-refractivity contribution >= 4 is 19.7 Å². The molecule has 0 saturated carbocycles. The van der Waals surface area contributed by atoms with E-state index in [-0.39, 0.29) is 16.4 Å². The van der Waals surface area contributed by atoms with Gasteiger partial charge in [-0.25, -0.2) is 16.8 Å². The largest absolute Gasteiger partial charge is 0.385 e. The van der Waals surface area contributed by atoms with Gasteiger partial charge in [-0.1, -0.05) is 12.1 Å². The summed E-state index contributed by atoms with van der Waals surface area (Å²) < 4.78 is 52.5. The van der Waals surface area contributed by atoms with Gasteiger partial charge >= 0.3 is 0 Å². The van der Waals surface area contributed by atoms with E-state index in [1.807, 2.05) is 0 Å². The minimum atomic E-state index is -3.60. The number of hydrogen-bond donors (Lipinski definition) is 1. The predicted molar refractivity (Wildman–Crippen MR) is 81.5 cm³/mol. The summed E-state index contributed by atoms with van der Waals surface area (Å²) in [7, 11) is -5.50. The molecule has 1 rings (SSSR count). The topological polar surface area (TPSA) is 104 Å². The molecule has 0 atom stereocenters. The molecule has 0 aliphatic rings. The van der Waals surface area contributed by atoms with Gasteiger partial charge in [0.25, 0.3) is 0 Å². The maximum absolute atomic E-state index is 12.1. The lowest BCUT2D eigenvalue weighted by molar-refractivity contribution is 0.199. The fourth-order valence-electron chi connectivity index (χ4n) is 1.71. The van der Waals surface area contributed by atoms with Gasteiger partial charge in [0.05, 0.1) is 22.2 Å². The summed E-state index contributed by atoms with van der Waals surface area (Å²) in [6.45, 7) is 0.667. The van der Waals surface area contributed by atoms with Crippen LogP contribution < -0.4 is 5.73 Å². The second kappa shape index (κ2) is 7.88. The first-order valence-corrected chi connectivity index (χ1v) is 9.99. The van der Waals surface area contributed by atoms with E-state index < -0.39 is 25.4 Å². The molecule has 0 amide bonds. The molecule has 0 fully saturated rings. The molecule has 0 radical (unpaired) electrons. The maximum Gasteiger partial charge on any atom is 0.179 e. The Hall–Kier alpha value is -0.960. The molecule has 1 aromatic carbocycles. The van der Waals surface area contributed by atoms with Gasteiger partial charge in [-0.2, -0.15) is 0 Å². The van der Waals surface area contributed by atoms with Gasteiger partial charge in [0.1, 0.15) is 0 Å². The number of methoxy groups -OCH3 is 1. The minimum Gasteiger partial charge on any atom is -0.385 e. The molecule has 0 bridgehead atoms. The second-order valence-electron chi connectivity index (χ2n) is 4.67. The fraction of sp³-hybridized carbons (Fsp3) is 0.538. The lowest BCUT2D eigenvalue weighted by atomic mass is 10.2. The van der Waals surface area contributed by atoms with Crippen LogP contribution in [-0.2, 0) is 31.0 Å². The molecule has 2 N–H and O–H groups in total. The summed E-state index contributed by atoms with van der Waals surface area (Å²) in [6, 6.07) is 6.16. The molecule has 21 heavy (non-hydrogen) atoms. The maximum atomic E-state index is 12.1. The molecule has 120 valence electrons. The van der Waals surface area contributed by atoms with E-state index in [2.05, 4.69) is 0 Å². The molecule has 8 heteroatoms. The Kier molecular flexibility index (Phi) is 6.79. The van der Waals surface area contributed by atoms with Crippen LogP contribution in [0.15, 0.2) is 29.2 Å². The number of nitrogens with two attached hydrogens (primary N) is 1. The first-order chi connectivity index (χ1) is 9.80. The zero-order valence-electron chi connectivity index (χ0n) is 12.0. The minimum absolute atomic E-state index is 0.0670. The Bertz CT molecular complexity index is 636. The fourth-order valence-corrected chi connectivity index (χ4v) is 5.15. The normalized spacial score (nSPS) is 12.5. The average Bonchev–Trinajstić information content (AvgIpc) is 2.46. The van der Waals surface area contributed by atoms with Crippen molar-refractivity contribution < 1.29 is 21.6 Å². The summed E-state index contributed by atoms with van der Waals surface area (Å²) in [5.74, 6) is -0.857. The summed E-state index contributed by atoms with van der Waals surface area (Å²) >= 11 is 0.